The van der Waals surface area contributed by atoms with Crippen LogP contribution in [0.25, 0.3) is 0 Å². The molecule has 8 heteroatoms. The van der Waals surface area contributed by atoms with E-state index in [0.29, 0.717) is 6.42 Å². The van der Waals surface area contributed by atoms with Crippen LogP contribution in [0.2, 0.25) is 0 Å². The quantitative estimate of drug-likeness (QED) is 0.0564. The largest absolute Gasteiger partial charge is 0.659 e. The third kappa shape index (κ3) is 30.0. The summed E-state index contributed by atoms with van der Waals surface area (Å²) in [5, 5.41) is 0. The monoisotopic (exact) mass is 575 g/mol. The van der Waals surface area contributed by atoms with Crippen molar-refractivity contribution < 1.29 is 33.7 Å². The van der Waals surface area contributed by atoms with Crippen molar-refractivity contribution in [2.24, 2.45) is 0 Å². The van der Waals surface area contributed by atoms with Gasteiger partial charge in [-0.2, -0.15) is 0 Å². The van der Waals surface area contributed by atoms with Crippen LogP contribution in [0.1, 0.15) is 168 Å². The Morgan fingerprint density at radius 2 is 0.923 bits per heavy atom. The van der Waals surface area contributed by atoms with Gasteiger partial charge in [0.1, 0.15) is 12.8 Å². The van der Waals surface area contributed by atoms with Crippen molar-refractivity contribution in [3.63, 3.8) is 0 Å². The summed E-state index contributed by atoms with van der Waals surface area (Å²) >= 11 is 0. The molecule has 0 aliphatic carbocycles. The number of hydrogen-bond acceptors (Lipinski definition) is 7. The van der Waals surface area contributed by atoms with E-state index in [2.05, 4.69) is 13.8 Å². The summed E-state index contributed by atoms with van der Waals surface area (Å²) in [6, 6.07) is 0. The smallest absolute Gasteiger partial charge is 0.306 e. The second kappa shape index (κ2) is 27.4. The molecule has 0 radical (unpaired) electrons. The van der Waals surface area contributed by atoms with Gasteiger partial charge in [-0.15, -0.1) is 0 Å². The molecule has 0 aromatic rings. The lowest BCUT2D eigenvalue weighted by atomic mass is 10.1. The van der Waals surface area contributed by atoms with Gasteiger partial charge in [-0.1, -0.05) is 142 Å². The molecule has 1 N–H and O–H groups in total. The number of esters is 2. The van der Waals surface area contributed by atoms with Gasteiger partial charge < -0.3 is 19.3 Å². The molecule has 0 amide bonds. The highest BCUT2D eigenvalue weighted by Crippen LogP contribution is 2.35. The minimum Gasteiger partial charge on any atom is -0.659 e. The van der Waals surface area contributed by atoms with E-state index in [9.17, 15) is 24.3 Å². The summed E-state index contributed by atoms with van der Waals surface area (Å²) in [6.45, 7) is 4.10. The Hall–Kier alpha value is -0.750. The first kappa shape index (κ1) is 38.2. The predicted octanol–water partition coefficient (Wildman–Crippen LogP) is 7.32. The number of ether oxygens (including phenoxy) is 2. The van der Waals surface area contributed by atoms with Crippen molar-refractivity contribution in [3.8, 4) is 0 Å². The molecule has 232 valence electrons. The van der Waals surface area contributed by atoms with Crippen LogP contribution in [0.5, 0.6) is 0 Å². The van der Waals surface area contributed by atoms with Crippen molar-refractivity contribution in [1.29, 1.82) is 0 Å². The van der Waals surface area contributed by atoms with Crippen molar-refractivity contribution in [2.75, 3.05) is 12.8 Å². The summed E-state index contributed by atoms with van der Waals surface area (Å²) < 4.78 is 10.4. The zero-order chi connectivity index (χ0) is 29.0. The Labute approximate surface area is 240 Å². The summed E-state index contributed by atoms with van der Waals surface area (Å²) in [6.07, 6.45) is 24.4. The highest BCUT2D eigenvalue weighted by Gasteiger charge is 2.24. The third-order valence-electron chi connectivity index (χ3n) is 7.13. The first-order valence-corrected chi connectivity index (χ1v) is 17.9. The highest BCUT2D eigenvalue weighted by atomic mass is 31.2. The average Bonchev–Trinajstić information content (AvgIpc) is 2.88. The van der Waals surface area contributed by atoms with Crippen LogP contribution in [0.15, 0.2) is 0 Å². The third-order valence-corrected chi connectivity index (χ3v) is 8.00. The molecule has 0 unspecified atom stereocenters. The van der Waals surface area contributed by atoms with Gasteiger partial charge in [0.25, 0.3) is 0 Å². The van der Waals surface area contributed by atoms with E-state index in [1.807, 2.05) is 0 Å². The Kier molecular flexibility index (Phi) is 26.9. The Morgan fingerprint density at radius 1 is 0.590 bits per heavy atom. The fraction of sp³-hybridized carbons (Fsp3) is 0.935. The maximum Gasteiger partial charge on any atom is 0.306 e. The van der Waals surface area contributed by atoms with E-state index < -0.39 is 32.1 Å². The second-order valence-electron chi connectivity index (χ2n) is 11.2. The topological polar surface area (TPSA) is 119 Å². The van der Waals surface area contributed by atoms with Crippen LogP contribution in [0.4, 0.5) is 0 Å². The molecule has 0 bridgehead atoms. The lowest BCUT2D eigenvalue weighted by Crippen LogP contribution is -2.36. The van der Waals surface area contributed by atoms with Gasteiger partial charge in [0.05, 0.1) is 0 Å². The molecule has 39 heavy (non-hydrogen) atoms. The Balaban J connectivity index is 3.93. The van der Waals surface area contributed by atoms with E-state index in [-0.39, 0.29) is 19.4 Å². The van der Waals surface area contributed by atoms with Gasteiger partial charge in [-0.05, 0) is 12.8 Å². The maximum absolute atomic E-state index is 12.2. The fourth-order valence-corrected chi connectivity index (χ4v) is 5.45. The number of rotatable bonds is 29. The van der Waals surface area contributed by atoms with Gasteiger partial charge in [0.2, 0.25) is 0 Å². The van der Waals surface area contributed by atoms with Gasteiger partial charge in [0, 0.05) is 20.8 Å². The van der Waals surface area contributed by atoms with E-state index in [4.69, 9.17) is 9.47 Å². The number of unbranched alkanes of at least 4 members (excludes halogenated alkanes) is 20. The first-order valence-electron chi connectivity index (χ1n) is 16.2. The molecular weight excluding hydrogens is 515 g/mol. The van der Waals surface area contributed by atoms with Crippen LogP contribution in [0, 0.1) is 0 Å². The zero-order valence-corrected chi connectivity index (χ0v) is 26.2. The van der Waals surface area contributed by atoms with Crippen LogP contribution in [-0.2, 0) is 19.1 Å². The molecule has 0 saturated carbocycles. The SMILES string of the molecule is CCCCCCCCCCCCCC(=O)OC[C@H](C[P+]([O-])([O-])O)OC(=O)CCCCCCCCCCCCC. The van der Waals surface area contributed by atoms with E-state index in [1.54, 1.807) is 0 Å². The van der Waals surface area contributed by atoms with Crippen molar-refractivity contribution >= 4 is 19.9 Å². The fourth-order valence-electron chi connectivity index (χ4n) is 4.75. The molecular formula is C31H60O7P-. The lowest BCUT2D eigenvalue weighted by Gasteiger charge is -2.31. The Bertz CT molecular complexity index is 566. The summed E-state index contributed by atoms with van der Waals surface area (Å²) in [4.78, 5) is 56.2. The molecule has 7 nitrogen and oxygen atoms in total. The number of hydrogen-bond donors (Lipinski definition) is 1. The van der Waals surface area contributed by atoms with E-state index >= 15 is 0 Å². The van der Waals surface area contributed by atoms with E-state index in [0.717, 1.165) is 38.5 Å². The highest BCUT2D eigenvalue weighted by molar-refractivity contribution is 7.55. The second-order valence-corrected chi connectivity index (χ2v) is 12.8. The molecule has 0 rings (SSSR count). The van der Waals surface area contributed by atoms with Crippen LogP contribution >= 0.6 is 7.94 Å². The summed E-state index contributed by atoms with van der Waals surface area (Å²) in [5.74, 6) is -0.957. The molecule has 1 atom stereocenters. The first-order chi connectivity index (χ1) is 18.8. The van der Waals surface area contributed by atoms with Gasteiger partial charge in [-0.3, -0.25) is 14.5 Å². The lowest BCUT2D eigenvalue weighted by molar-refractivity contribution is -0.332. The van der Waals surface area contributed by atoms with Crippen molar-refractivity contribution in [3.05, 3.63) is 0 Å². The van der Waals surface area contributed by atoms with Crippen LogP contribution in [0.3, 0.4) is 0 Å². The molecule has 0 saturated heterocycles. The minimum atomic E-state index is -4.66. The Morgan fingerprint density at radius 3 is 1.28 bits per heavy atom. The van der Waals surface area contributed by atoms with Crippen LogP contribution in [-0.4, -0.2) is 35.7 Å². The van der Waals surface area contributed by atoms with Gasteiger partial charge >= 0.3 is 11.9 Å². The molecule has 0 heterocycles. The minimum absolute atomic E-state index is 0.189. The summed E-state index contributed by atoms with van der Waals surface area (Å²) in [7, 11) is -4.66. The number of carbonyl (C=O) groups excluding carboxylic acids is 2. The molecule has 0 fully saturated rings. The zero-order valence-electron chi connectivity index (χ0n) is 25.3. The standard InChI is InChI=1S/C31H61O7P/c1-3-5-7-9-11-13-15-17-19-21-23-25-30(32)37-27-29(28-39(34,35)36)38-31(33)26-24-22-20-18-16-14-12-10-8-6-4-2/h29H,3-28H2,1-2H3,(H2,34,35,36)/p-1/t29-/m1/s1. The average molecular weight is 576 g/mol. The van der Waals surface area contributed by atoms with Crippen molar-refractivity contribution in [1.82, 2.24) is 0 Å². The van der Waals surface area contributed by atoms with Crippen molar-refractivity contribution in [2.45, 2.75) is 174 Å². The molecule has 0 aromatic carbocycles. The van der Waals surface area contributed by atoms with E-state index in [1.165, 1.54) is 96.3 Å². The predicted molar refractivity (Wildman–Crippen MR) is 157 cm³/mol. The molecule has 0 aromatic heterocycles. The summed E-state index contributed by atoms with van der Waals surface area (Å²) in [5.41, 5.74) is 0. The van der Waals surface area contributed by atoms with Gasteiger partial charge in [0.15, 0.2) is 6.10 Å². The van der Waals surface area contributed by atoms with Gasteiger partial charge in [-0.25, -0.2) is 0 Å². The molecule has 0 aliphatic heterocycles. The maximum atomic E-state index is 12.2. The molecule has 0 aliphatic rings. The molecule has 0 spiro atoms. The number of carbonyl (C=O) groups is 2. The van der Waals surface area contributed by atoms with Crippen LogP contribution < -0.4 is 9.79 Å². The normalized spacial score (nSPS) is 12.4.